The molecule has 1 aliphatic heterocycles. The van der Waals surface area contributed by atoms with Crippen LogP contribution in [0.1, 0.15) is 19.3 Å². The van der Waals surface area contributed by atoms with Gasteiger partial charge in [-0.3, -0.25) is 5.43 Å². The lowest BCUT2D eigenvalue weighted by Gasteiger charge is -2.21. The van der Waals surface area contributed by atoms with Crippen molar-refractivity contribution in [1.82, 2.24) is 9.97 Å². The molecule has 7 heteroatoms. The number of thioether (sulfide) groups is 1. The summed E-state index contributed by atoms with van der Waals surface area (Å²) in [5.41, 5.74) is 2.30. The van der Waals surface area contributed by atoms with Crippen molar-refractivity contribution < 1.29 is 4.39 Å². The maximum atomic E-state index is 13.4. The van der Waals surface area contributed by atoms with E-state index in [2.05, 4.69) is 20.7 Å². The first-order valence-electron chi connectivity index (χ1n) is 5.64. The Morgan fingerprint density at radius 3 is 3.12 bits per heavy atom. The van der Waals surface area contributed by atoms with Gasteiger partial charge in [-0.05, 0) is 18.6 Å². The van der Waals surface area contributed by atoms with Crippen LogP contribution in [0.5, 0.6) is 0 Å². The van der Waals surface area contributed by atoms with E-state index in [4.69, 9.17) is 5.84 Å². The third kappa shape index (κ3) is 3.44. The van der Waals surface area contributed by atoms with Crippen LogP contribution in [0.4, 0.5) is 16.2 Å². The number of nitrogens with one attached hydrogen (secondary N) is 2. The van der Waals surface area contributed by atoms with Crippen molar-refractivity contribution in [1.29, 1.82) is 0 Å². The minimum Gasteiger partial charge on any atom is -0.366 e. The third-order valence-electron chi connectivity index (χ3n) is 2.64. The van der Waals surface area contributed by atoms with Gasteiger partial charge in [0.25, 0.3) is 0 Å². The Bertz CT molecular complexity index is 370. The largest absolute Gasteiger partial charge is 0.366 e. The number of nitrogens with two attached hydrogens (primary N) is 1. The summed E-state index contributed by atoms with van der Waals surface area (Å²) in [4.78, 5) is 7.62. The average molecular weight is 257 g/mol. The monoisotopic (exact) mass is 257 g/mol. The number of nitrogen functional groups attached to an aromatic ring is 1. The maximum Gasteiger partial charge on any atom is 0.239 e. The lowest BCUT2D eigenvalue weighted by molar-refractivity contribution is 0.614. The first kappa shape index (κ1) is 12.4. The van der Waals surface area contributed by atoms with E-state index >= 15 is 0 Å². The number of halogens is 1. The number of hydrazine groups is 1. The van der Waals surface area contributed by atoms with E-state index in [-0.39, 0.29) is 11.8 Å². The summed E-state index contributed by atoms with van der Waals surface area (Å²) < 4.78 is 13.4. The molecule has 1 aromatic heterocycles. The summed E-state index contributed by atoms with van der Waals surface area (Å²) in [6, 6.07) is 0. The molecule has 1 saturated heterocycles. The normalized spacial score (nSPS) is 20.0. The molecule has 4 N–H and O–H groups in total. The van der Waals surface area contributed by atoms with Gasteiger partial charge in [0, 0.05) is 11.8 Å². The smallest absolute Gasteiger partial charge is 0.239 e. The maximum absolute atomic E-state index is 13.4. The first-order valence-corrected chi connectivity index (χ1v) is 6.69. The Hall–Kier alpha value is -1.08. The molecule has 2 heterocycles. The molecule has 1 atom stereocenters. The van der Waals surface area contributed by atoms with E-state index in [0.717, 1.165) is 12.7 Å². The fourth-order valence-corrected chi connectivity index (χ4v) is 2.98. The Labute approximate surface area is 104 Å². The second kappa shape index (κ2) is 6.02. The van der Waals surface area contributed by atoms with E-state index in [0.29, 0.717) is 5.25 Å². The van der Waals surface area contributed by atoms with Gasteiger partial charge < -0.3 is 5.32 Å². The van der Waals surface area contributed by atoms with Crippen LogP contribution in [0.25, 0.3) is 0 Å². The molecule has 0 radical (unpaired) electrons. The van der Waals surface area contributed by atoms with Crippen molar-refractivity contribution in [3.63, 3.8) is 0 Å². The molecule has 1 fully saturated rings. The summed E-state index contributed by atoms with van der Waals surface area (Å²) in [5, 5.41) is 3.55. The zero-order valence-corrected chi connectivity index (χ0v) is 10.3. The lowest BCUT2D eigenvalue weighted by atomic mass is 10.2. The van der Waals surface area contributed by atoms with Gasteiger partial charge in [0.2, 0.25) is 5.95 Å². The predicted octanol–water partition coefficient (Wildman–Crippen LogP) is 1.60. The van der Waals surface area contributed by atoms with Crippen molar-refractivity contribution in [2.75, 3.05) is 23.0 Å². The molecule has 94 valence electrons. The van der Waals surface area contributed by atoms with Crippen LogP contribution in [0.15, 0.2) is 6.20 Å². The highest BCUT2D eigenvalue weighted by atomic mass is 32.2. The molecular formula is C10H16FN5S. The highest BCUT2D eigenvalue weighted by molar-refractivity contribution is 7.99. The molecule has 1 aromatic rings. The standard InChI is InChI=1S/C10H16FN5S/c11-8-6-14-10(16-12)15-9(8)13-5-7-3-1-2-4-17-7/h6-7H,1-5,12H2,(H2,13,14,15,16). The minimum atomic E-state index is -0.454. The second-order valence-corrected chi connectivity index (χ2v) is 5.31. The van der Waals surface area contributed by atoms with Crippen molar-refractivity contribution in [3.8, 4) is 0 Å². The molecular weight excluding hydrogens is 241 g/mol. The molecule has 0 spiro atoms. The molecule has 0 aromatic carbocycles. The van der Waals surface area contributed by atoms with Gasteiger partial charge in [0.05, 0.1) is 6.20 Å². The summed E-state index contributed by atoms with van der Waals surface area (Å²) in [7, 11) is 0. The molecule has 5 nitrogen and oxygen atoms in total. The van der Waals surface area contributed by atoms with E-state index in [1.807, 2.05) is 11.8 Å². The lowest BCUT2D eigenvalue weighted by Crippen LogP contribution is -2.21. The van der Waals surface area contributed by atoms with E-state index in [1.54, 1.807) is 0 Å². The van der Waals surface area contributed by atoms with Crippen LogP contribution in [0, 0.1) is 5.82 Å². The average Bonchev–Trinajstić information content (AvgIpc) is 2.39. The van der Waals surface area contributed by atoms with Crippen LogP contribution in [0.2, 0.25) is 0 Å². The van der Waals surface area contributed by atoms with E-state index < -0.39 is 5.82 Å². The van der Waals surface area contributed by atoms with Crippen molar-refractivity contribution in [2.24, 2.45) is 5.84 Å². The zero-order chi connectivity index (χ0) is 12.1. The van der Waals surface area contributed by atoms with Crippen LogP contribution in [-0.4, -0.2) is 27.5 Å². The van der Waals surface area contributed by atoms with Gasteiger partial charge >= 0.3 is 0 Å². The minimum absolute atomic E-state index is 0.208. The Morgan fingerprint density at radius 1 is 1.53 bits per heavy atom. The van der Waals surface area contributed by atoms with Crippen LogP contribution < -0.4 is 16.6 Å². The predicted molar refractivity (Wildman–Crippen MR) is 68.4 cm³/mol. The van der Waals surface area contributed by atoms with Crippen molar-refractivity contribution >= 4 is 23.5 Å². The van der Waals surface area contributed by atoms with Crippen LogP contribution in [0.3, 0.4) is 0 Å². The van der Waals surface area contributed by atoms with Gasteiger partial charge in [-0.1, -0.05) is 6.42 Å². The Kier molecular flexibility index (Phi) is 4.38. The number of hydrogen-bond donors (Lipinski definition) is 3. The van der Waals surface area contributed by atoms with Crippen molar-refractivity contribution in [3.05, 3.63) is 12.0 Å². The molecule has 0 aliphatic carbocycles. The molecule has 0 bridgehead atoms. The highest BCUT2D eigenvalue weighted by Crippen LogP contribution is 2.25. The highest BCUT2D eigenvalue weighted by Gasteiger charge is 2.15. The molecule has 1 unspecified atom stereocenters. The van der Waals surface area contributed by atoms with Crippen LogP contribution >= 0.6 is 11.8 Å². The number of aromatic nitrogens is 2. The second-order valence-electron chi connectivity index (χ2n) is 3.90. The fourth-order valence-electron chi connectivity index (χ4n) is 1.74. The van der Waals surface area contributed by atoms with Gasteiger partial charge in [-0.15, -0.1) is 0 Å². The van der Waals surface area contributed by atoms with E-state index in [9.17, 15) is 4.39 Å². The molecule has 0 amide bonds. The summed E-state index contributed by atoms with van der Waals surface area (Å²) in [6.45, 7) is 0.725. The van der Waals surface area contributed by atoms with E-state index in [1.165, 1.54) is 25.0 Å². The molecule has 0 saturated carbocycles. The Morgan fingerprint density at radius 2 is 2.41 bits per heavy atom. The van der Waals surface area contributed by atoms with Gasteiger partial charge in [0.15, 0.2) is 11.6 Å². The van der Waals surface area contributed by atoms with Gasteiger partial charge in [-0.25, -0.2) is 15.2 Å². The molecule has 2 rings (SSSR count). The van der Waals surface area contributed by atoms with Gasteiger partial charge in [-0.2, -0.15) is 16.7 Å². The summed E-state index contributed by atoms with van der Waals surface area (Å²) in [5.74, 6) is 6.33. The fraction of sp³-hybridized carbons (Fsp3) is 0.600. The quantitative estimate of drug-likeness (QED) is 0.562. The SMILES string of the molecule is NNc1ncc(F)c(NCC2CCCCS2)n1. The molecule has 17 heavy (non-hydrogen) atoms. The first-order chi connectivity index (χ1) is 8.29. The van der Waals surface area contributed by atoms with Crippen LogP contribution in [-0.2, 0) is 0 Å². The molecule has 1 aliphatic rings. The number of hydrogen-bond acceptors (Lipinski definition) is 6. The Balaban J connectivity index is 1.92. The zero-order valence-electron chi connectivity index (χ0n) is 9.45. The number of anilines is 2. The summed E-state index contributed by atoms with van der Waals surface area (Å²) in [6.07, 6.45) is 4.82. The topological polar surface area (TPSA) is 75.9 Å². The van der Waals surface area contributed by atoms with Gasteiger partial charge in [0.1, 0.15) is 0 Å². The number of rotatable bonds is 4. The number of nitrogens with zero attached hydrogens (tertiary/aromatic N) is 2. The summed E-state index contributed by atoms with van der Waals surface area (Å²) >= 11 is 1.93. The van der Waals surface area contributed by atoms with Crippen molar-refractivity contribution in [2.45, 2.75) is 24.5 Å². The third-order valence-corrected chi connectivity index (χ3v) is 4.04.